The highest BCUT2D eigenvalue weighted by atomic mass is 32.2. The molecule has 33 heavy (non-hydrogen) atoms. The number of carbonyl (C=O) groups excluding carboxylic acids is 1. The molecular weight excluding hydrogens is 438 g/mol. The molecule has 7 heteroatoms. The fourth-order valence-electron chi connectivity index (χ4n) is 3.95. The van der Waals surface area contributed by atoms with Crippen molar-refractivity contribution in [3.8, 4) is 5.75 Å². The summed E-state index contributed by atoms with van der Waals surface area (Å²) in [6.07, 6.45) is 0.826. The molecule has 6 nitrogen and oxygen atoms in total. The molecule has 4 rings (SSSR count). The molecule has 0 aromatic heterocycles. The molecule has 3 aromatic carbocycles. The van der Waals surface area contributed by atoms with Crippen LogP contribution in [0.4, 0.5) is 5.69 Å². The lowest BCUT2D eigenvalue weighted by atomic mass is 10.1. The number of rotatable bonds is 6. The number of hydrogen-bond acceptors (Lipinski definition) is 5. The fourth-order valence-corrected chi connectivity index (χ4v) is 5.57. The Labute approximate surface area is 193 Å². The Morgan fingerprint density at radius 3 is 2.09 bits per heavy atom. The van der Waals surface area contributed by atoms with E-state index in [0.29, 0.717) is 17.0 Å². The molecule has 0 unspecified atom stereocenters. The maximum atomic E-state index is 13.7. The van der Waals surface area contributed by atoms with Gasteiger partial charge in [-0.2, -0.15) is 0 Å². The van der Waals surface area contributed by atoms with Gasteiger partial charge in [0.05, 0.1) is 12.0 Å². The Balaban J connectivity index is 1.90. The maximum absolute atomic E-state index is 13.7. The second kappa shape index (κ2) is 8.75. The normalized spacial score (nSPS) is 16.4. The van der Waals surface area contributed by atoms with Crippen LogP contribution in [0.5, 0.6) is 5.75 Å². The van der Waals surface area contributed by atoms with Crippen LogP contribution in [0.2, 0.25) is 0 Å². The number of amides is 1. The van der Waals surface area contributed by atoms with Crippen LogP contribution in [-0.4, -0.2) is 26.5 Å². The lowest BCUT2D eigenvalue weighted by Gasteiger charge is -2.27. The molecule has 1 atom stereocenters. The van der Waals surface area contributed by atoms with Crippen LogP contribution in [0.15, 0.2) is 88.4 Å². The van der Waals surface area contributed by atoms with Gasteiger partial charge in [0.15, 0.2) is 5.76 Å². The largest absolute Gasteiger partial charge is 0.502 e. The average molecular weight is 464 g/mol. The van der Waals surface area contributed by atoms with E-state index >= 15 is 0 Å². The zero-order chi connectivity index (χ0) is 23.8. The van der Waals surface area contributed by atoms with Crippen LogP contribution < -0.4 is 9.64 Å². The van der Waals surface area contributed by atoms with Gasteiger partial charge >= 0.3 is 0 Å². The van der Waals surface area contributed by atoms with Crippen LogP contribution in [-0.2, 0) is 21.1 Å². The van der Waals surface area contributed by atoms with Crippen LogP contribution >= 0.6 is 0 Å². The highest BCUT2D eigenvalue weighted by molar-refractivity contribution is 7.95. The quantitative estimate of drug-likeness (QED) is 0.562. The van der Waals surface area contributed by atoms with Gasteiger partial charge in [-0.25, -0.2) is 8.42 Å². The van der Waals surface area contributed by atoms with Crippen molar-refractivity contribution in [2.24, 2.45) is 0 Å². The first kappa shape index (κ1) is 22.6. The fraction of sp³-hybridized carbons (Fsp3) is 0.192. The Kier molecular flexibility index (Phi) is 5.99. The summed E-state index contributed by atoms with van der Waals surface area (Å²) in [5, 5.41) is 10.9. The number of aliphatic hydroxyl groups is 1. The molecule has 0 bridgehead atoms. The second-order valence-electron chi connectivity index (χ2n) is 7.90. The van der Waals surface area contributed by atoms with E-state index in [1.165, 1.54) is 24.1 Å². The SMILES string of the molecule is CCc1ccc(N2C(=O)C(O)=C(S(=O)(=O)c3ccc(C)cc3)[C@@H]2c2ccc(OC)cc2)cc1. The van der Waals surface area contributed by atoms with E-state index in [-0.39, 0.29) is 9.80 Å². The molecule has 1 aliphatic heterocycles. The van der Waals surface area contributed by atoms with Crippen LogP contribution in [0.1, 0.15) is 29.7 Å². The summed E-state index contributed by atoms with van der Waals surface area (Å²) in [4.78, 5) is 14.3. The van der Waals surface area contributed by atoms with Crippen molar-refractivity contribution < 1.29 is 23.1 Å². The van der Waals surface area contributed by atoms with E-state index in [1.54, 1.807) is 48.5 Å². The van der Waals surface area contributed by atoms with Crippen molar-refractivity contribution in [1.29, 1.82) is 0 Å². The van der Waals surface area contributed by atoms with Crippen molar-refractivity contribution in [3.63, 3.8) is 0 Å². The summed E-state index contributed by atoms with van der Waals surface area (Å²) < 4.78 is 32.6. The first-order valence-electron chi connectivity index (χ1n) is 10.6. The van der Waals surface area contributed by atoms with E-state index in [9.17, 15) is 18.3 Å². The number of hydrogen-bond donors (Lipinski definition) is 1. The van der Waals surface area contributed by atoms with E-state index < -0.39 is 27.5 Å². The molecule has 0 aliphatic carbocycles. The number of carbonyl (C=O) groups is 1. The van der Waals surface area contributed by atoms with E-state index in [0.717, 1.165) is 17.5 Å². The molecule has 170 valence electrons. The third-order valence-corrected chi connectivity index (χ3v) is 7.72. The third-order valence-electron chi connectivity index (χ3n) is 5.84. The zero-order valence-corrected chi connectivity index (χ0v) is 19.5. The molecule has 0 saturated carbocycles. The van der Waals surface area contributed by atoms with Crippen LogP contribution in [0.3, 0.4) is 0 Å². The minimum absolute atomic E-state index is 0.0177. The topological polar surface area (TPSA) is 83.9 Å². The summed E-state index contributed by atoms with van der Waals surface area (Å²) in [5.41, 5.74) is 3.02. The van der Waals surface area contributed by atoms with Crippen molar-refractivity contribution in [3.05, 3.63) is 100 Å². The smallest absolute Gasteiger partial charge is 0.295 e. The van der Waals surface area contributed by atoms with Crippen molar-refractivity contribution in [2.45, 2.75) is 31.2 Å². The van der Waals surface area contributed by atoms with Gasteiger partial charge in [-0.15, -0.1) is 0 Å². The summed E-state index contributed by atoms with van der Waals surface area (Å²) in [6, 6.07) is 19.4. The van der Waals surface area contributed by atoms with Gasteiger partial charge in [-0.3, -0.25) is 9.69 Å². The molecule has 0 radical (unpaired) electrons. The number of methoxy groups -OCH3 is 1. The predicted octanol–water partition coefficient (Wildman–Crippen LogP) is 4.90. The van der Waals surface area contributed by atoms with Crippen molar-refractivity contribution in [2.75, 3.05) is 12.0 Å². The van der Waals surface area contributed by atoms with Crippen LogP contribution in [0, 0.1) is 6.92 Å². The molecule has 1 aliphatic rings. The highest BCUT2D eigenvalue weighted by Gasteiger charge is 2.47. The molecular formula is C26H25NO5S. The van der Waals surface area contributed by atoms with Crippen molar-refractivity contribution in [1.82, 2.24) is 0 Å². The highest BCUT2D eigenvalue weighted by Crippen LogP contribution is 2.45. The monoisotopic (exact) mass is 463 g/mol. The Morgan fingerprint density at radius 2 is 1.55 bits per heavy atom. The number of benzene rings is 3. The molecule has 1 amide bonds. The number of nitrogens with zero attached hydrogens (tertiary/aromatic N) is 1. The number of anilines is 1. The van der Waals surface area contributed by atoms with Gasteiger partial charge in [0.1, 0.15) is 16.7 Å². The predicted molar refractivity (Wildman–Crippen MR) is 127 cm³/mol. The number of ether oxygens (including phenoxy) is 1. The molecule has 0 fully saturated rings. The number of aliphatic hydroxyl groups excluding tert-OH is 1. The number of aryl methyl sites for hydroxylation is 2. The molecule has 0 saturated heterocycles. The summed E-state index contributed by atoms with van der Waals surface area (Å²) in [6.45, 7) is 3.88. The first-order valence-corrected chi connectivity index (χ1v) is 12.1. The minimum atomic E-state index is -4.17. The first-order chi connectivity index (χ1) is 15.8. The Morgan fingerprint density at radius 1 is 0.939 bits per heavy atom. The van der Waals surface area contributed by atoms with Gasteiger partial charge in [0.25, 0.3) is 5.91 Å². The van der Waals surface area contributed by atoms with Crippen LogP contribution in [0.25, 0.3) is 0 Å². The zero-order valence-electron chi connectivity index (χ0n) is 18.6. The second-order valence-corrected chi connectivity index (χ2v) is 9.82. The van der Waals surface area contributed by atoms with E-state index in [4.69, 9.17) is 4.74 Å². The summed E-state index contributed by atoms with van der Waals surface area (Å²) >= 11 is 0. The van der Waals surface area contributed by atoms with Gasteiger partial charge in [0.2, 0.25) is 9.84 Å². The van der Waals surface area contributed by atoms with Gasteiger partial charge in [0, 0.05) is 5.69 Å². The molecule has 1 heterocycles. The molecule has 1 N–H and O–H groups in total. The maximum Gasteiger partial charge on any atom is 0.295 e. The average Bonchev–Trinajstić information content (AvgIpc) is 3.10. The van der Waals surface area contributed by atoms with Gasteiger partial charge in [-0.05, 0) is 60.9 Å². The lowest BCUT2D eigenvalue weighted by Crippen LogP contribution is -2.31. The van der Waals surface area contributed by atoms with Gasteiger partial charge < -0.3 is 9.84 Å². The molecule has 0 spiro atoms. The minimum Gasteiger partial charge on any atom is -0.502 e. The Bertz CT molecular complexity index is 1310. The van der Waals surface area contributed by atoms with Gasteiger partial charge in [-0.1, -0.05) is 48.9 Å². The van der Waals surface area contributed by atoms with E-state index in [2.05, 4.69) is 0 Å². The van der Waals surface area contributed by atoms with E-state index in [1.807, 2.05) is 26.0 Å². The standard InChI is InChI=1S/C26H25NO5S/c1-4-18-7-11-20(12-8-18)27-23(19-9-13-21(32-3)14-10-19)25(24(28)26(27)29)33(30,31)22-15-5-17(2)6-16-22/h5-16,23,28H,4H2,1-3H3/t23-/m0/s1. The van der Waals surface area contributed by atoms with Crippen molar-refractivity contribution >= 4 is 21.4 Å². The summed E-state index contributed by atoms with van der Waals surface area (Å²) in [5.74, 6) is -0.931. The summed E-state index contributed by atoms with van der Waals surface area (Å²) in [7, 11) is -2.63. The lowest BCUT2D eigenvalue weighted by molar-refractivity contribution is -0.117. The Hall–Kier alpha value is -3.58. The molecule has 3 aromatic rings. The third kappa shape index (κ3) is 4.00. The number of sulfone groups is 1.